The van der Waals surface area contributed by atoms with Crippen LogP contribution in [0.15, 0.2) is 11.1 Å². The van der Waals surface area contributed by atoms with Crippen LogP contribution in [-0.2, 0) is 16.1 Å². The van der Waals surface area contributed by atoms with E-state index in [2.05, 4.69) is 9.97 Å². The van der Waals surface area contributed by atoms with Crippen molar-refractivity contribution in [2.75, 3.05) is 31.8 Å². The topological polar surface area (TPSA) is 70.3 Å². The number of methoxy groups -OCH3 is 1. The van der Waals surface area contributed by atoms with Crippen LogP contribution in [0.25, 0.3) is 0 Å². The molecule has 0 aliphatic heterocycles. The predicted octanol–water partition coefficient (Wildman–Crippen LogP) is 1.33. The number of rotatable bonds is 7. The van der Waals surface area contributed by atoms with E-state index in [1.807, 2.05) is 6.92 Å². The van der Waals surface area contributed by atoms with Gasteiger partial charge in [0.25, 0.3) is 0 Å². The van der Waals surface area contributed by atoms with Gasteiger partial charge in [0.2, 0.25) is 0 Å². The number of nitrogen functional groups attached to an aromatic ring is 1. The van der Waals surface area contributed by atoms with Crippen LogP contribution in [0.2, 0.25) is 0 Å². The second-order valence-corrected chi connectivity index (χ2v) is 4.14. The maximum Gasteiger partial charge on any atom is 0.157 e. The summed E-state index contributed by atoms with van der Waals surface area (Å²) in [7, 11) is 1.68. The molecule has 1 heterocycles. The van der Waals surface area contributed by atoms with E-state index in [0.29, 0.717) is 31.5 Å². The van der Waals surface area contributed by atoms with Crippen molar-refractivity contribution < 1.29 is 9.47 Å². The Bertz CT molecular complexity index is 323. The highest BCUT2D eigenvalue weighted by Crippen LogP contribution is 2.17. The second kappa shape index (κ2) is 7.43. The zero-order valence-electron chi connectivity index (χ0n) is 9.60. The lowest BCUT2D eigenvalue weighted by Gasteiger charge is -2.05. The molecule has 6 heteroatoms. The first kappa shape index (κ1) is 13.2. The number of aromatic nitrogens is 2. The standard InChI is InChI=1S/C10H17N3O2S/c1-3-15-7-9-12-8(11)6-10(13-9)16-5-4-14-2/h6H,3-5,7H2,1-2H3,(H2,11,12,13). The minimum atomic E-state index is 0.402. The number of hydrogen-bond acceptors (Lipinski definition) is 6. The van der Waals surface area contributed by atoms with E-state index in [-0.39, 0.29) is 0 Å². The summed E-state index contributed by atoms with van der Waals surface area (Å²) >= 11 is 1.60. The summed E-state index contributed by atoms with van der Waals surface area (Å²) in [6.45, 7) is 3.67. The van der Waals surface area contributed by atoms with Gasteiger partial charge in [-0.3, -0.25) is 0 Å². The van der Waals surface area contributed by atoms with Gasteiger partial charge in [-0.25, -0.2) is 9.97 Å². The zero-order valence-corrected chi connectivity index (χ0v) is 10.4. The fourth-order valence-corrected chi connectivity index (χ4v) is 1.89. The highest BCUT2D eigenvalue weighted by atomic mass is 32.2. The normalized spacial score (nSPS) is 10.6. The van der Waals surface area contributed by atoms with Crippen LogP contribution in [0.5, 0.6) is 0 Å². The van der Waals surface area contributed by atoms with Gasteiger partial charge in [-0.1, -0.05) is 0 Å². The fraction of sp³-hybridized carbons (Fsp3) is 0.600. The molecule has 1 rings (SSSR count). The van der Waals surface area contributed by atoms with Crippen molar-refractivity contribution in [1.82, 2.24) is 9.97 Å². The summed E-state index contributed by atoms with van der Waals surface area (Å²) in [4.78, 5) is 8.43. The Morgan fingerprint density at radius 1 is 1.44 bits per heavy atom. The lowest BCUT2D eigenvalue weighted by molar-refractivity contribution is 0.128. The van der Waals surface area contributed by atoms with Gasteiger partial charge in [0, 0.05) is 25.5 Å². The first-order valence-corrected chi connectivity index (χ1v) is 6.07. The monoisotopic (exact) mass is 243 g/mol. The Morgan fingerprint density at radius 3 is 2.94 bits per heavy atom. The summed E-state index contributed by atoms with van der Waals surface area (Å²) in [5.41, 5.74) is 5.68. The molecular formula is C10H17N3O2S. The Hall–Kier alpha value is -0.850. The molecule has 0 bridgehead atoms. The molecule has 16 heavy (non-hydrogen) atoms. The van der Waals surface area contributed by atoms with E-state index in [1.165, 1.54) is 0 Å². The summed E-state index contributed by atoms with van der Waals surface area (Å²) in [6.07, 6.45) is 0. The van der Waals surface area contributed by atoms with Gasteiger partial charge in [-0.15, -0.1) is 11.8 Å². The van der Waals surface area contributed by atoms with Crippen molar-refractivity contribution in [3.8, 4) is 0 Å². The third kappa shape index (κ3) is 4.78. The maximum atomic E-state index is 5.68. The molecule has 0 fully saturated rings. The highest BCUT2D eigenvalue weighted by Gasteiger charge is 2.03. The third-order valence-electron chi connectivity index (χ3n) is 1.74. The lowest BCUT2D eigenvalue weighted by atomic mass is 10.5. The van der Waals surface area contributed by atoms with Crippen molar-refractivity contribution >= 4 is 17.6 Å². The molecule has 0 spiro atoms. The molecule has 0 atom stereocenters. The molecule has 0 aliphatic carbocycles. The van der Waals surface area contributed by atoms with Gasteiger partial charge in [0.15, 0.2) is 5.82 Å². The molecule has 1 aromatic heterocycles. The van der Waals surface area contributed by atoms with E-state index in [1.54, 1.807) is 24.9 Å². The fourth-order valence-electron chi connectivity index (χ4n) is 1.05. The lowest BCUT2D eigenvalue weighted by Crippen LogP contribution is -2.03. The Morgan fingerprint density at radius 2 is 2.25 bits per heavy atom. The van der Waals surface area contributed by atoms with Crippen LogP contribution in [0.4, 0.5) is 5.82 Å². The Labute approximate surface area is 99.8 Å². The van der Waals surface area contributed by atoms with Crippen LogP contribution >= 0.6 is 11.8 Å². The molecule has 0 amide bonds. The molecule has 0 aromatic carbocycles. The SMILES string of the molecule is CCOCc1nc(N)cc(SCCOC)n1. The third-order valence-corrected chi connectivity index (χ3v) is 2.62. The quantitative estimate of drug-likeness (QED) is 0.442. The van der Waals surface area contributed by atoms with Crippen LogP contribution < -0.4 is 5.73 Å². The van der Waals surface area contributed by atoms with E-state index >= 15 is 0 Å². The zero-order chi connectivity index (χ0) is 11.8. The van der Waals surface area contributed by atoms with E-state index in [9.17, 15) is 0 Å². The van der Waals surface area contributed by atoms with Gasteiger partial charge in [-0.05, 0) is 6.92 Å². The van der Waals surface area contributed by atoms with E-state index in [4.69, 9.17) is 15.2 Å². The van der Waals surface area contributed by atoms with Crippen LogP contribution in [0.1, 0.15) is 12.7 Å². The number of nitrogens with zero attached hydrogens (tertiary/aromatic N) is 2. The summed E-state index contributed by atoms with van der Waals surface area (Å²) in [5, 5.41) is 0.860. The summed E-state index contributed by atoms with van der Waals surface area (Å²) in [6, 6.07) is 1.76. The second-order valence-electron chi connectivity index (χ2n) is 3.03. The van der Waals surface area contributed by atoms with Gasteiger partial charge >= 0.3 is 0 Å². The molecule has 5 nitrogen and oxygen atoms in total. The number of hydrogen-bond donors (Lipinski definition) is 1. The van der Waals surface area contributed by atoms with E-state index < -0.39 is 0 Å². The average molecular weight is 243 g/mol. The maximum absolute atomic E-state index is 5.68. The number of anilines is 1. The predicted molar refractivity (Wildman–Crippen MR) is 64.4 cm³/mol. The van der Waals surface area contributed by atoms with Gasteiger partial charge < -0.3 is 15.2 Å². The first-order valence-electron chi connectivity index (χ1n) is 5.09. The van der Waals surface area contributed by atoms with Crippen molar-refractivity contribution in [1.29, 1.82) is 0 Å². The van der Waals surface area contributed by atoms with Crippen molar-refractivity contribution in [3.63, 3.8) is 0 Å². The van der Waals surface area contributed by atoms with E-state index in [0.717, 1.165) is 10.8 Å². The molecule has 90 valence electrons. The largest absolute Gasteiger partial charge is 0.384 e. The Kier molecular flexibility index (Phi) is 6.14. The smallest absolute Gasteiger partial charge is 0.157 e. The van der Waals surface area contributed by atoms with Crippen molar-refractivity contribution in [2.24, 2.45) is 0 Å². The number of nitrogens with two attached hydrogens (primary N) is 1. The Balaban J connectivity index is 2.58. The molecule has 0 radical (unpaired) electrons. The summed E-state index contributed by atoms with van der Waals surface area (Å²) in [5.74, 6) is 1.95. The minimum absolute atomic E-state index is 0.402. The van der Waals surface area contributed by atoms with Crippen LogP contribution in [-0.4, -0.2) is 36.0 Å². The number of ether oxygens (including phenoxy) is 2. The molecule has 0 unspecified atom stereocenters. The molecule has 0 saturated carbocycles. The number of thioether (sulfide) groups is 1. The molecular weight excluding hydrogens is 226 g/mol. The highest BCUT2D eigenvalue weighted by molar-refractivity contribution is 7.99. The molecule has 1 aromatic rings. The first-order chi connectivity index (χ1) is 7.76. The average Bonchev–Trinajstić information content (AvgIpc) is 2.26. The van der Waals surface area contributed by atoms with Gasteiger partial charge in [0.05, 0.1) is 6.61 Å². The van der Waals surface area contributed by atoms with Crippen molar-refractivity contribution in [2.45, 2.75) is 18.6 Å². The summed E-state index contributed by atoms with van der Waals surface area (Å²) < 4.78 is 10.2. The molecule has 0 aliphatic rings. The molecule has 0 saturated heterocycles. The van der Waals surface area contributed by atoms with Crippen molar-refractivity contribution in [3.05, 3.63) is 11.9 Å². The minimum Gasteiger partial charge on any atom is -0.384 e. The van der Waals surface area contributed by atoms with Crippen LogP contribution in [0.3, 0.4) is 0 Å². The van der Waals surface area contributed by atoms with Gasteiger partial charge in [-0.2, -0.15) is 0 Å². The van der Waals surface area contributed by atoms with Gasteiger partial charge in [0.1, 0.15) is 17.5 Å². The van der Waals surface area contributed by atoms with Crippen LogP contribution in [0, 0.1) is 0 Å². The molecule has 2 N–H and O–H groups in total.